The van der Waals surface area contributed by atoms with Gasteiger partial charge in [-0.3, -0.25) is 4.79 Å². The van der Waals surface area contributed by atoms with Gasteiger partial charge in [0.2, 0.25) is 0 Å². The third-order valence-electron chi connectivity index (χ3n) is 3.07. The number of aryl methyl sites for hydroxylation is 1. The second-order valence-electron chi connectivity index (χ2n) is 3.99. The van der Waals surface area contributed by atoms with Gasteiger partial charge in [0.05, 0.1) is 0 Å². The molecule has 76 valence electrons. The van der Waals surface area contributed by atoms with Crippen molar-refractivity contribution in [3.8, 4) is 5.75 Å². The van der Waals surface area contributed by atoms with E-state index in [2.05, 4.69) is 4.98 Å². The summed E-state index contributed by atoms with van der Waals surface area (Å²) in [6.45, 7) is 0. The Hall–Kier alpha value is -1.77. The molecule has 0 fully saturated rings. The SMILES string of the molecule is O=c1[nH]c2ccc(O)cc2c2c1CCC2. The lowest BCUT2D eigenvalue weighted by molar-refractivity contribution is 0.476. The van der Waals surface area contributed by atoms with Crippen LogP contribution >= 0.6 is 0 Å². The highest BCUT2D eigenvalue weighted by Gasteiger charge is 2.17. The number of phenols is 1. The van der Waals surface area contributed by atoms with E-state index in [1.165, 1.54) is 0 Å². The van der Waals surface area contributed by atoms with Gasteiger partial charge < -0.3 is 10.1 Å². The Morgan fingerprint density at radius 3 is 2.87 bits per heavy atom. The van der Waals surface area contributed by atoms with Crippen LogP contribution < -0.4 is 5.56 Å². The lowest BCUT2D eigenvalue weighted by atomic mass is 10.1. The van der Waals surface area contributed by atoms with E-state index < -0.39 is 0 Å². The maximum absolute atomic E-state index is 11.7. The lowest BCUT2D eigenvalue weighted by Crippen LogP contribution is -2.12. The monoisotopic (exact) mass is 201 g/mol. The number of pyridine rings is 1. The van der Waals surface area contributed by atoms with Crippen molar-refractivity contribution >= 4 is 10.9 Å². The molecule has 0 spiro atoms. The van der Waals surface area contributed by atoms with Crippen molar-refractivity contribution in [3.63, 3.8) is 0 Å². The first kappa shape index (κ1) is 8.53. The molecule has 0 atom stereocenters. The number of benzene rings is 1. The minimum Gasteiger partial charge on any atom is -0.508 e. The average molecular weight is 201 g/mol. The van der Waals surface area contributed by atoms with Crippen LogP contribution in [0.4, 0.5) is 0 Å². The number of rotatable bonds is 0. The largest absolute Gasteiger partial charge is 0.508 e. The number of hydrogen-bond acceptors (Lipinski definition) is 2. The molecule has 1 aromatic heterocycles. The summed E-state index contributed by atoms with van der Waals surface area (Å²) in [6, 6.07) is 5.08. The van der Waals surface area contributed by atoms with E-state index in [-0.39, 0.29) is 11.3 Å². The maximum atomic E-state index is 11.7. The highest BCUT2D eigenvalue weighted by Crippen LogP contribution is 2.28. The Balaban J connectivity index is 2.49. The van der Waals surface area contributed by atoms with Gasteiger partial charge in [0.25, 0.3) is 5.56 Å². The van der Waals surface area contributed by atoms with Gasteiger partial charge in [-0.1, -0.05) is 0 Å². The van der Waals surface area contributed by atoms with Gasteiger partial charge >= 0.3 is 0 Å². The standard InChI is InChI=1S/C12H11NO2/c14-7-4-5-11-10(6-7)8-2-1-3-9(8)12(15)13-11/h4-6,14H,1-3H2,(H,13,15). The normalized spacial score (nSPS) is 14.4. The fraction of sp³-hybridized carbons (Fsp3) is 0.250. The predicted octanol–water partition coefficient (Wildman–Crippen LogP) is 1.72. The predicted molar refractivity (Wildman–Crippen MR) is 58.3 cm³/mol. The molecular weight excluding hydrogens is 190 g/mol. The molecule has 2 N–H and O–H groups in total. The molecule has 3 rings (SSSR count). The molecule has 1 aliphatic carbocycles. The number of aromatic nitrogens is 1. The zero-order valence-corrected chi connectivity index (χ0v) is 8.21. The molecule has 2 aromatic rings. The molecule has 3 nitrogen and oxygen atoms in total. The summed E-state index contributed by atoms with van der Waals surface area (Å²) in [5.41, 5.74) is 2.86. The summed E-state index contributed by atoms with van der Waals surface area (Å²) < 4.78 is 0. The van der Waals surface area contributed by atoms with Crippen molar-refractivity contribution < 1.29 is 5.11 Å². The Morgan fingerprint density at radius 2 is 2.00 bits per heavy atom. The van der Waals surface area contributed by atoms with Crippen molar-refractivity contribution in [1.29, 1.82) is 0 Å². The van der Waals surface area contributed by atoms with Crippen LogP contribution in [0.15, 0.2) is 23.0 Å². The number of aromatic amines is 1. The first-order valence-electron chi connectivity index (χ1n) is 5.12. The van der Waals surface area contributed by atoms with Gasteiger partial charge in [-0.05, 0) is 43.0 Å². The number of nitrogens with one attached hydrogen (secondary N) is 1. The van der Waals surface area contributed by atoms with Crippen molar-refractivity contribution in [2.24, 2.45) is 0 Å². The fourth-order valence-electron chi connectivity index (χ4n) is 2.38. The number of H-pyrrole nitrogens is 1. The first-order valence-corrected chi connectivity index (χ1v) is 5.12. The molecule has 3 heteroatoms. The molecule has 0 saturated heterocycles. The van der Waals surface area contributed by atoms with E-state index >= 15 is 0 Å². The van der Waals surface area contributed by atoms with E-state index in [9.17, 15) is 9.90 Å². The van der Waals surface area contributed by atoms with Gasteiger partial charge in [0.1, 0.15) is 5.75 Å². The molecule has 0 bridgehead atoms. The van der Waals surface area contributed by atoms with Crippen LogP contribution in [0.25, 0.3) is 10.9 Å². The Kier molecular flexibility index (Phi) is 1.63. The van der Waals surface area contributed by atoms with Crippen LogP contribution in [0, 0.1) is 0 Å². The zero-order chi connectivity index (χ0) is 10.4. The topological polar surface area (TPSA) is 53.1 Å². The average Bonchev–Trinajstić information content (AvgIpc) is 2.69. The summed E-state index contributed by atoms with van der Waals surface area (Å²) >= 11 is 0. The number of fused-ring (bicyclic) bond motifs is 3. The van der Waals surface area contributed by atoms with Crippen LogP contribution in [0.5, 0.6) is 5.75 Å². The lowest BCUT2D eigenvalue weighted by Gasteiger charge is -2.04. The third kappa shape index (κ3) is 1.16. The van der Waals surface area contributed by atoms with Crippen molar-refractivity contribution in [2.75, 3.05) is 0 Å². The summed E-state index contributed by atoms with van der Waals surface area (Å²) in [5, 5.41) is 10.4. The smallest absolute Gasteiger partial charge is 0.251 e. The third-order valence-corrected chi connectivity index (χ3v) is 3.07. The second-order valence-corrected chi connectivity index (χ2v) is 3.99. The van der Waals surface area contributed by atoms with Gasteiger partial charge in [-0.2, -0.15) is 0 Å². The zero-order valence-electron chi connectivity index (χ0n) is 8.21. The summed E-state index contributed by atoms with van der Waals surface area (Å²) in [7, 11) is 0. The van der Waals surface area contributed by atoms with Crippen molar-refractivity contribution in [2.45, 2.75) is 19.3 Å². The molecule has 15 heavy (non-hydrogen) atoms. The molecule has 1 aromatic carbocycles. The summed E-state index contributed by atoms with van der Waals surface area (Å²) in [4.78, 5) is 14.5. The minimum absolute atomic E-state index is 0.0284. The van der Waals surface area contributed by atoms with Crippen LogP contribution in [0.1, 0.15) is 17.5 Å². The molecule has 0 saturated carbocycles. The molecule has 0 amide bonds. The highest BCUT2D eigenvalue weighted by molar-refractivity contribution is 5.84. The Labute approximate surface area is 86.4 Å². The van der Waals surface area contributed by atoms with Crippen LogP contribution in [0.3, 0.4) is 0 Å². The molecule has 0 aliphatic heterocycles. The number of aromatic hydroxyl groups is 1. The van der Waals surface area contributed by atoms with E-state index in [0.717, 1.165) is 41.3 Å². The molecule has 1 aliphatic rings. The molecule has 0 unspecified atom stereocenters. The summed E-state index contributed by atoms with van der Waals surface area (Å²) in [6.07, 6.45) is 2.84. The van der Waals surface area contributed by atoms with E-state index in [4.69, 9.17) is 0 Å². The Bertz CT molecular complexity index is 598. The minimum atomic E-state index is 0.0284. The number of phenolic OH excluding ortho intramolecular Hbond substituents is 1. The second kappa shape index (κ2) is 2.86. The van der Waals surface area contributed by atoms with Gasteiger partial charge in [-0.25, -0.2) is 0 Å². The quantitative estimate of drug-likeness (QED) is 0.682. The molecular formula is C12H11NO2. The van der Waals surface area contributed by atoms with Crippen molar-refractivity contribution in [3.05, 3.63) is 39.7 Å². The van der Waals surface area contributed by atoms with E-state index in [1.54, 1.807) is 18.2 Å². The maximum Gasteiger partial charge on any atom is 0.251 e. The van der Waals surface area contributed by atoms with Crippen LogP contribution in [0.2, 0.25) is 0 Å². The van der Waals surface area contributed by atoms with E-state index in [0.29, 0.717) is 0 Å². The van der Waals surface area contributed by atoms with Gasteiger partial charge in [0, 0.05) is 16.5 Å². The van der Waals surface area contributed by atoms with Gasteiger partial charge in [0.15, 0.2) is 0 Å². The van der Waals surface area contributed by atoms with E-state index in [1.807, 2.05) is 0 Å². The molecule has 1 heterocycles. The van der Waals surface area contributed by atoms with Crippen LogP contribution in [-0.4, -0.2) is 10.1 Å². The highest BCUT2D eigenvalue weighted by atomic mass is 16.3. The number of hydrogen-bond donors (Lipinski definition) is 2. The van der Waals surface area contributed by atoms with Crippen molar-refractivity contribution in [1.82, 2.24) is 4.98 Å². The Morgan fingerprint density at radius 1 is 1.20 bits per heavy atom. The summed E-state index contributed by atoms with van der Waals surface area (Å²) in [5.74, 6) is 0.253. The van der Waals surface area contributed by atoms with Crippen LogP contribution in [-0.2, 0) is 12.8 Å². The van der Waals surface area contributed by atoms with Gasteiger partial charge in [-0.15, -0.1) is 0 Å². The fourth-order valence-corrected chi connectivity index (χ4v) is 2.38. The first-order chi connectivity index (χ1) is 7.25. The molecule has 0 radical (unpaired) electrons.